The quantitative estimate of drug-likeness (QED) is 0.246. The van der Waals surface area contributed by atoms with Crippen LogP contribution >= 0.6 is 22.9 Å². The molecule has 0 aliphatic carbocycles. The van der Waals surface area contributed by atoms with E-state index in [0.717, 1.165) is 32.8 Å². The topological polar surface area (TPSA) is 48.8 Å². The number of thiazole rings is 1. The predicted molar refractivity (Wildman–Crippen MR) is 149 cm³/mol. The number of hydrogen-bond acceptors (Lipinski definition) is 5. The highest BCUT2D eigenvalue weighted by atomic mass is 35.5. The monoisotopic (exact) mass is 508 g/mol. The SMILES string of the molecule is Cc1ccc2nc(/N=C3\C(=O)N(CN(c4ccccc4)c4ccccc4)c4cccc(Cl)c43)sc2c1. The third-order valence-electron chi connectivity index (χ3n) is 6.13. The molecule has 6 rings (SSSR count). The fraction of sp³-hybridized carbons (Fsp3) is 0.0690. The van der Waals surface area contributed by atoms with Crippen LogP contribution in [0.5, 0.6) is 0 Å². The molecule has 0 spiro atoms. The molecule has 0 bridgehead atoms. The number of anilines is 3. The van der Waals surface area contributed by atoms with E-state index < -0.39 is 0 Å². The minimum Gasteiger partial charge on any atom is -0.323 e. The summed E-state index contributed by atoms with van der Waals surface area (Å²) >= 11 is 8.11. The van der Waals surface area contributed by atoms with Crippen molar-refractivity contribution in [2.24, 2.45) is 4.99 Å². The molecule has 2 heterocycles. The Morgan fingerprint density at radius 2 is 1.61 bits per heavy atom. The molecule has 1 aliphatic rings. The molecule has 5 aromatic rings. The number of fused-ring (bicyclic) bond motifs is 2. The molecule has 0 N–H and O–H groups in total. The van der Waals surface area contributed by atoms with Crippen LogP contribution in [0.1, 0.15) is 11.1 Å². The van der Waals surface area contributed by atoms with Crippen molar-refractivity contribution in [3.8, 4) is 0 Å². The number of carbonyl (C=O) groups is 1. The van der Waals surface area contributed by atoms with Crippen molar-refractivity contribution in [3.63, 3.8) is 0 Å². The van der Waals surface area contributed by atoms with Gasteiger partial charge in [0.25, 0.3) is 5.91 Å². The average molecular weight is 509 g/mol. The van der Waals surface area contributed by atoms with Crippen molar-refractivity contribution in [1.82, 2.24) is 4.98 Å². The predicted octanol–water partition coefficient (Wildman–Crippen LogP) is 7.52. The van der Waals surface area contributed by atoms with E-state index >= 15 is 0 Å². The van der Waals surface area contributed by atoms with Crippen LogP contribution in [0.4, 0.5) is 22.2 Å². The number of amides is 1. The Kier molecular flexibility index (Phi) is 5.76. The van der Waals surface area contributed by atoms with Gasteiger partial charge in [0.05, 0.1) is 20.9 Å². The second-order valence-corrected chi connectivity index (χ2v) is 9.95. The summed E-state index contributed by atoms with van der Waals surface area (Å²) in [5.41, 5.74) is 5.67. The first-order chi connectivity index (χ1) is 17.6. The summed E-state index contributed by atoms with van der Waals surface area (Å²) in [5, 5.41) is 1.03. The van der Waals surface area contributed by atoms with Crippen LogP contribution in [-0.4, -0.2) is 23.3 Å². The van der Waals surface area contributed by atoms with Gasteiger partial charge < -0.3 is 4.90 Å². The lowest BCUT2D eigenvalue weighted by molar-refractivity contribution is -0.112. The summed E-state index contributed by atoms with van der Waals surface area (Å²) in [6.07, 6.45) is 0. The number of aromatic nitrogens is 1. The number of benzene rings is 4. The van der Waals surface area contributed by atoms with Crippen molar-refractivity contribution in [2.75, 3.05) is 16.5 Å². The first-order valence-electron chi connectivity index (χ1n) is 11.5. The largest absolute Gasteiger partial charge is 0.323 e. The van der Waals surface area contributed by atoms with E-state index in [0.29, 0.717) is 28.1 Å². The van der Waals surface area contributed by atoms with Gasteiger partial charge in [-0.1, -0.05) is 71.5 Å². The fourth-order valence-electron chi connectivity index (χ4n) is 4.39. The first-order valence-corrected chi connectivity index (χ1v) is 12.7. The maximum absolute atomic E-state index is 13.9. The maximum atomic E-state index is 13.9. The lowest BCUT2D eigenvalue weighted by Gasteiger charge is -2.30. The zero-order valence-corrected chi connectivity index (χ0v) is 21.0. The summed E-state index contributed by atoms with van der Waals surface area (Å²) in [6.45, 7) is 2.35. The Morgan fingerprint density at radius 1 is 0.917 bits per heavy atom. The summed E-state index contributed by atoms with van der Waals surface area (Å²) in [7, 11) is 0. The number of aryl methyl sites for hydroxylation is 1. The zero-order chi connectivity index (χ0) is 24.6. The smallest absolute Gasteiger partial charge is 0.279 e. The van der Waals surface area contributed by atoms with Crippen LogP contribution in [0.15, 0.2) is 102 Å². The van der Waals surface area contributed by atoms with Crippen LogP contribution in [0.2, 0.25) is 5.02 Å². The Hall–Kier alpha value is -4.00. The van der Waals surface area contributed by atoms with Crippen LogP contribution in [-0.2, 0) is 4.79 Å². The van der Waals surface area contributed by atoms with E-state index in [1.807, 2.05) is 91.9 Å². The molecule has 1 aliphatic heterocycles. The molecule has 4 aromatic carbocycles. The Labute approximate surface area is 217 Å². The number of carbonyl (C=O) groups excluding carboxylic acids is 1. The van der Waals surface area contributed by atoms with Gasteiger partial charge in [0.2, 0.25) is 5.13 Å². The van der Waals surface area contributed by atoms with Gasteiger partial charge in [-0.2, -0.15) is 0 Å². The molecule has 0 unspecified atom stereocenters. The van der Waals surface area contributed by atoms with E-state index in [9.17, 15) is 4.79 Å². The van der Waals surface area contributed by atoms with Gasteiger partial charge >= 0.3 is 0 Å². The second kappa shape index (κ2) is 9.22. The van der Waals surface area contributed by atoms with Gasteiger partial charge in [0, 0.05) is 16.9 Å². The standard InChI is InChI=1S/C29H21ClN4OS/c1-19-15-16-23-25(17-19)36-29(31-23)32-27-26-22(30)13-8-14-24(26)34(28(27)35)18-33(20-9-4-2-5-10-20)21-11-6-3-7-12-21/h2-17H,18H2,1H3/b32-27-. The van der Waals surface area contributed by atoms with Crippen LogP contribution in [0.3, 0.4) is 0 Å². The average Bonchev–Trinajstić information content (AvgIpc) is 3.42. The molecule has 1 amide bonds. The molecule has 0 radical (unpaired) electrons. The summed E-state index contributed by atoms with van der Waals surface area (Å²) in [4.78, 5) is 27.1. The lowest BCUT2D eigenvalue weighted by Crippen LogP contribution is -2.39. The summed E-state index contributed by atoms with van der Waals surface area (Å²) in [5.74, 6) is -0.203. The van der Waals surface area contributed by atoms with E-state index in [1.165, 1.54) is 11.3 Å². The molecular formula is C29H21ClN4OS. The number of halogens is 1. The van der Waals surface area contributed by atoms with Crippen molar-refractivity contribution in [2.45, 2.75) is 6.92 Å². The van der Waals surface area contributed by atoms with Gasteiger partial charge in [-0.25, -0.2) is 9.98 Å². The highest BCUT2D eigenvalue weighted by Crippen LogP contribution is 2.38. The van der Waals surface area contributed by atoms with Crippen LogP contribution in [0.25, 0.3) is 10.2 Å². The number of hydrogen-bond donors (Lipinski definition) is 0. The second-order valence-electron chi connectivity index (χ2n) is 8.54. The van der Waals surface area contributed by atoms with Gasteiger partial charge in [0.15, 0.2) is 0 Å². The highest BCUT2D eigenvalue weighted by molar-refractivity contribution is 7.22. The van der Waals surface area contributed by atoms with E-state index in [1.54, 1.807) is 11.0 Å². The van der Waals surface area contributed by atoms with Gasteiger partial charge in [-0.05, 0) is 61.0 Å². The Balaban J connectivity index is 1.44. The molecule has 0 saturated carbocycles. The molecular weight excluding hydrogens is 488 g/mol. The van der Waals surface area contributed by atoms with Crippen molar-refractivity contribution >= 4 is 67.0 Å². The molecule has 36 heavy (non-hydrogen) atoms. The third-order valence-corrected chi connectivity index (χ3v) is 7.35. The molecule has 1 aromatic heterocycles. The molecule has 0 fully saturated rings. The number of aliphatic imine (C=N–C) groups is 1. The number of nitrogens with zero attached hydrogens (tertiary/aromatic N) is 4. The number of para-hydroxylation sites is 2. The zero-order valence-electron chi connectivity index (χ0n) is 19.4. The summed E-state index contributed by atoms with van der Waals surface area (Å²) in [6, 6.07) is 31.7. The highest BCUT2D eigenvalue weighted by Gasteiger charge is 2.37. The van der Waals surface area contributed by atoms with Crippen molar-refractivity contribution in [1.29, 1.82) is 0 Å². The van der Waals surface area contributed by atoms with Crippen molar-refractivity contribution < 1.29 is 4.79 Å². The minimum absolute atomic E-state index is 0.203. The van der Waals surface area contributed by atoms with Gasteiger partial charge in [-0.15, -0.1) is 0 Å². The lowest BCUT2D eigenvalue weighted by atomic mass is 10.1. The number of rotatable bonds is 5. The molecule has 7 heteroatoms. The fourth-order valence-corrected chi connectivity index (χ4v) is 5.59. The van der Waals surface area contributed by atoms with Crippen LogP contribution in [0, 0.1) is 6.92 Å². The van der Waals surface area contributed by atoms with Crippen molar-refractivity contribution in [3.05, 3.63) is 113 Å². The Morgan fingerprint density at radius 3 is 2.31 bits per heavy atom. The van der Waals surface area contributed by atoms with E-state index in [2.05, 4.69) is 16.0 Å². The first kappa shape index (κ1) is 22.5. The van der Waals surface area contributed by atoms with E-state index in [4.69, 9.17) is 16.6 Å². The Bertz CT molecular complexity index is 1580. The molecule has 5 nitrogen and oxygen atoms in total. The van der Waals surface area contributed by atoms with Gasteiger partial charge in [-0.3, -0.25) is 9.69 Å². The maximum Gasteiger partial charge on any atom is 0.279 e. The van der Waals surface area contributed by atoms with Crippen LogP contribution < -0.4 is 9.80 Å². The summed E-state index contributed by atoms with van der Waals surface area (Å²) < 4.78 is 1.04. The molecule has 176 valence electrons. The molecule has 0 atom stereocenters. The normalized spacial score (nSPS) is 14.0. The van der Waals surface area contributed by atoms with Gasteiger partial charge in [0.1, 0.15) is 12.4 Å². The molecule has 0 saturated heterocycles. The minimum atomic E-state index is -0.203. The van der Waals surface area contributed by atoms with E-state index in [-0.39, 0.29) is 5.91 Å². The third kappa shape index (κ3) is 4.04.